The first-order chi connectivity index (χ1) is 14.8. The van der Waals surface area contributed by atoms with E-state index in [1.54, 1.807) is 24.4 Å². The summed E-state index contributed by atoms with van der Waals surface area (Å²) in [4.78, 5) is 28.5. The molecular formula is C25H28N2O4. The lowest BCUT2D eigenvalue weighted by molar-refractivity contribution is -0.127. The second-order valence-corrected chi connectivity index (χ2v) is 9.66. The van der Waals surface area contributed by atoms with Crippen molar-refractivity contribution in [2.45, 2.75) is 39.7 Å². The largest absolute Gasteiger partial charge is 0.454 e. The summed E-state index contributed by atoms with van der Waals surface area (Å²) < 4.78 is 12.3. The monoisotopic (exact) mass is 420 g/mol. The zero-order chi connectivity index (χ0) is 21.8. The van der Waals surface area contributed by atoms with Crippen molar-refractivity contribution >= 4 is 17.7 Å². The lowest BCUT2D eigenvalue weighted by Crippen LogP contribution is -2.45. The molecule has 6 nitrogen and oxygen atoms in total. The summed E-state index contributed by atoms with van der Waals surface area (Å²) >= 11 is 0. The minimum atomic E-state index is -0.224. The normalized spacial score (nSPS) is 26.2. The third kappa shape index (κ3) is 3.44. The summed E-state index contributed by atoms with van der Waals surface area (Å²) in [5.74, 6) is 2.15. The topological polar surface area (TPSA) is 60.8 Å². The van der Waals surface area contributed by atoms with Gasteiger partial charge in [0.05, 0.1) is 0 Å². The van der Waals surface area contributed by atoms with Crippen LogP contribution in [0.5, 0.6) is 11.5 Å². The van der Waals surface area contributed by atoms with Crippen LogP contribution in [0.1, 0.15) is 39.2 Å². The number of aromatic nitrogens is 1. The maximum absolute atomic E-state index is 13.9. The Morgan fingerprint density at radius 2 is 1.97 bits per heavy atom. The molecule has 1 aromatic carbocycles. The predicted molar refractivity (Wildman–Crippen MR) is 119 cm³/mol. The Labute approximate surface area is 182 Å². The highest BCUT2D eigenvalue weighted by Crippen LogP contribution is 2.49. The van der Waals surface area contributed by atoms with Gasteiger partial charge >= 0.3 is 0 Å². The minimum Gasteiger partial charge on any atom is -0.454 e. The fourth-order valence-electron chi connectivity index (χ4n) is 5.43. The SMILES string of the molecule is CC1C2CC(CN2C(=O)C(=Cc2ccc3c(c2)OCO3)n2ccccc2=O)CC1(C)C. The van der Waals surface area contributed by atoms with Crippen LogP contribution in [0.4, 0.5) is 0 Å². The zero-order valence-corrected chi connectivity index (χ0v) is 18.2. The summed E-state index contributed by atoms with van der Waals surface area (Å²) in [5, 5.41) is 0. The third-order valence-corrected chi connectivity index (χ3v) is 7.32. The van der Waals surface area contributed by atoms with Crippen molar-refractivity contribution in [2.75, 3.05) is 13.3 Å². The first kappa shape index (κ1) is 19.9. The molecule has 3 unspecified atom stereocenters. The maximum Gasteiger partial charge on any atom is 0.271 e. The molecule has 0 radical (unpaired) electrons. The molecule has 1 aromatic heterocycles. The quantitative estimate of drug-likeness (QED) is 0.708. The van der Waals surface area contributed by atoms with E-state index in [4.69, 9.17) is 9.47 Å². The Kier molecular flexibility index (Phi) is 4.68. The molecular weight excluding hydrogens is 392 g/mol. The van der Waals surface area contributed by atoms with Crippen LogP contribution in [0.25, 0.3) is 11.8 Å². The van der Waals surface area contributed by atoms with Crippen LogP contribution in [-0.4, -0.2) is 34.8 Å². The molecule has 1 aliphatic carbocycles. The number of ether oxygens (including phenoxy) is 2. The van der Waals surface area contributed by atoms with Crippen LogP contribution < -0.4 is 15.0 Å². The molecule has 1 saturated carbocycles. The van der Waals surface area contributed by atoms with Crippen molar-refractivity contribution in [3.63, 3.8) is 0 Å². The summed E-state index contributed by atoms with van der Waals surface area (Å²) in [6.07, 6.45) is 5.61. The number of hydrogen-bond donors (Lipinski definition) is 0. The Morgan fingerprint density at radius 1 is 1.16 bits per heavy atom. The van der Waals surface area contributed by atoms with Gasteiger partial charge in [0.2, 0.25) is 6.79 Å². The van der Waals surface area contributed by atoms with E-state index in [-0.39, 0.29) is 29.7 Å². The van der Waals surface area contributed by atoms with Gasteiger partial charge in [0, 0.05) is 24.8 Å². The Hall–Kier alpha value is -3.02. The van der Waals surface area contributed by atoms with Gasteiger partial charge in [-0.3, -0.25) is 14.2 Å². The second kappa shape index (κ2) is 7.29. The molecule has 1 amide bonds. The molecule has 2 aromatic rings. The van der Waals surface area contributed by atoms with E-state index in [1.165, 1.54) is 10.6 Å². The number of carbonyl (C=O) groups excluding carboxylic acids is 1. The summed E-state index contributed by atoms with van der Waals surface area (Å²) in [5.41, 5.74) is 1.13. The van der Waals surface area contributed by atoms with E-state index in [0.29, 0.717) is 29.0 Å². The summed E-state index contributed by atoms with van der Waals surface area (Å²) in [6.45, 7) is 7.79. The zero-order valence-electron chi connectivity index (χ0n) is 18.2. The molecule has 2 bridgehead atoms. The van der Waals surface area contributed by atoms with E-state index in [2.05, 4.69) is 20.8 Å². The number of carbonyl (C=O) groups is 1. The Balaban J connectivity index is 1.56. The molecule has 2 aliphatic heterocycles. The average molecular weight is 421 g/mol. The number of rotatable bonds is 3. The highest BCUT2D eigenvalue weighted by molar-refractivity contribution is 6.18. The van der Waals surface area contributed by atoms with E-state index in [0.717, 1.165) is 24.9 Å². The van der Waals surface area contributed by atoms with E-state index in [9.17, 15) is 9.59 Å². The smallest absolute Gasteiger partial charge is 0.271 e. The molecule has 5 rings (SSSR count). The Morgan fingerprint density at radius 3 is 2.77 bits per heavy atom. The molecule has 162 valence electrons. The maximum atomic E-state index is 13.9. The van der Waals surface area contributed by atoms with Crippen LogP contribution in [0.3, 0.4) is 0 Å². The summed E-state index contributed by atoms with van der Waals surface area (Å²) in [7, 11) is 0. The van der Waals surface area contributed by atoms with Crippen LogP contribution in [-0.2, 0) is 4.79 Å². The van der Waals surface area contributed by atoms with Crippen molar-refractivity contribution in [3.8, 4) is 11.5 Å². The van der Waals surface area contributed by atoms with Crippen LogP contribution >= 0.6 is 0 Å². The van der Waals surface area contributed by atoms with Crippen molar-refractivity contribution in [1.82, 2.24) is 9.47 Å². The number of likely N-dealkylation sites (tertiary alicyclic amines) is 1. The van der Waals surface area contributed by atoms with Crippen molar-refractivity contribution in [1.29, 1.82) is 0 Å². The molecule has 6 heteroatoms. The van der Waals surface area contributed by atoms with Gasteiger partial charge in [-0.1, -0.05) is 32.9 Å². The van der Waals surface area contributed by atoms with E-state index in [1.807, 2.05) is 23.1 Å². The van der Waals surface area contributed by atoms with Crippen LogP contribution in [0, 0.1) is 17.3 Å². The first-order valence-corrected chi connectivity index (χ1v) is 10.9. The number of fused-ring (bicyclic) bond motifs is 3. The van der Waals surface area contributed by atoms with E-state index >= 15 is 0 Å². The van der Waals surface area contributed by atoms with Gasteiger partial charge in [-0.25, -0.2) is 0 Å². The molecule has 0 spiro atoms. The molecule has 1 saturated heterocycles. The highest BCUT2D eigenvalue weighted by atomic mass is 16.7. The molecule has 2 fully saturated rings. The van der Waals surface area contributed by atoms with Crippen molar-refractivity contribution in [2.24, 2.45) is 17.3 Å². The van der Waals surface area contributed by atoms with E-state index < -0.39 is 0 Å². The van der Waals surface area contributed by atoms with Gasteiger partial charge in [-0.2, -0.15) is 0 Å². The van der Waals surface area contributed by atoms with Gasteiger partial charge in [-0.05, 0) is 59.9 Å². The predicted octanol–water partition coefficient (Wildman–Crippen LogP) is 3.86. The van der Waals surface area contributed by atoms with Gasteiger partial charge in [-0.15, -0.1) is 0 Å². The van der Waals surface area contributed by atoms with Gasteiger partial charge in [0.1, 0.15) is 5.70 Å². The molecule has 0 N–H and O–H groups in total. The Bertz CT molecular complexity index is 1120. The molecule has 3 heterocycles. The number of nitrogens with zero attached hydrogens (tertiary/aromatic N) is 2. The number of hydrogen-bond acceptors (Lipinski definition) is 4. The van der Waals surface area contributed by atoms with Crippen LogP contribution in [0.2, 0.25) is 0 Å². The second-order valence-electron chi connectivity index (χ2n) is 9.66. The van der Waals surface area contributed by atoms with Gasteiger partial charge in [0.25, 0.3) is 11.5 Å². The summed E-state index contributed by atoms with van der Waals surface area (Å²) in [6, 6.07) is 10.7. The number of pyridine rings is 1. The van der Waals surface area contributed by atoms with Gasteiger partial charge < -0.3 is 14.4 Å². The number of benzene rings is 1. The lowest BCUT2D eigenvalue weighted by Gasteiger charge is -2.42. The van der Waals surface area contributed by atoms with Gasteiger partial charge in [0.15, 0.2) is 11.5 Å². The highest BCUT2D eigenvalue weighted by Gasteiger charge is 2.49. The fraction of sp³-hybridized carbons (Fsp3) is 0.440. The average Bonchev–Trinajstić information content (AvgIpc) is 3.35. The molecule has 3 aliphatic rings. The van der Waals surface area contributed by atoms with Crippen molar-refractivity contribution in [3.05, 3.63) is 58.5 Å². The molecule has 31 heavy (non-hydrogen) atoms. The molecule has 3 atom stereocenters. The standard InChI is InChI=1S/C25H28N2O4/c1-16-19-11-18(13-25(16,2)3)14-27(19)24(29)20(26-9-5-4-6-23(26)28)10-17-7-8-21-22(12-17)31-15-30-21/h4-10,12,16,18-19H,11,13-15H2,1-3H3. The first-order valence-electron chi connectivity index (χ1n) is 10.9. The third-order valence-electron chi connectivity index (χ3n) is 7.32. The van der Waals surface area contributed by atoms with Crippen molar-refractivity contribution < 1.29 is 14.3 Å². The minimum absolute atomic E-state index is 0.0944. The van der Waals surface area contributed by atoms with Crippen LogP contribution in [0.15, 0.2) is 47.4 Å². The fourth-order valence-corrected chi connectivity index (χ4v) is 5.43. The number of amides is 1. The lowest BCUT2D eigenvalue weighted by atomic mass is 9.65.